The highest BCUT2D eigenvalue weighted by molar-refractivity contribution is 9.10. The van der Waals surface area contributed by atoms with Gasteiger partial charge in [-0.15, -0.1) is 0 Å². The van der Waals surface area contributed by atoms with Crippen LogP contribution in [-0.2, 0) is 0 Å². The first-order chi connectivity index (χ1) is 5.15. The number of aromatic nitrogens is 1. The van der Waals surface area contributed by atoms with E-state index in [2.05, 4.69) is 26.2 Å². The Morgan fingerprint density at radius 1 is 1.64 bits per heavy atom. The van der Waals surface area contributed by atoms with Crippen molar-refractivity contribution in [2.45, 2.75) is 6.92 Å². The number of pyridine rings is 1. The lowest BCUT2D eigenvalue weighted by atomic mass is 10.3. The Hall–Kier alpha value is -0.770. The molecule has 0 saturated heterocycles. The number of nitrogens with zero attached hydrogens (tertiary/aromatic N) is 1. The average Bonchev–Trinajstić information content (AvgIpc) is 1.97. The summed E-state index contributed by atoms with van der Waals surface area (Å²) in [6, 6.07) is 1.66. The van der Waals surface area contributed by atoms with Crippen LogP contribution in [0.3, 0.4) is 0 Å². The van der Waals surface area contributed by atoms with Gasteiger partial charge in [0.25, 0.3) is 0 Å². The van der Waals surface area contributed by atoms with Gasteiger partial charge >= 0.3 is 0 Å². The molecule has 0 atom stereocenters. The fraction of sp³-hybridized carbons (Fsp3) is 0.286. The van der Waals surface area contributed by atoms with E-state index in [0.29, 0.717) is 5.82 Å². The molecule has 0 aromatic carbocycles. The molecule has 2 N–H and O–H groups in total. The van der Waals surface area contributed by atoms with Gasteiger partial charge in [0.15, 0.2) is 11.6 Å². The smallest absolute Gasteiger partial charge is 0.169 e. The number of rotatable bonds is 1. The minimum atomic E-state index is 0.174. The molecule has 0 aliphatic carbocycles. The maximum atomic E-state index is 9.27. The summed E-state index contributed by atoms with van der Waals surface area (Å²) in [6.07, 6.45) is 0. The summed E-state index contributed by atoms with van der Waals surface area (Å²) in [5.74, 6) is 0.663. The molecule has 0 radical (unpaired) electrons. The standard InChI is InChI=1S/C7H9BrN2O/c1-4-3-5(11)7(9-2)10-6(4)8/h3,11H,1-2H3,(H,9,10). The maximum Gasteiger partial charge on any atom is 0.169 e. The number of aryl methyl sites for hydroxylation is 1. The van der Waals surface area contributed by atoms with Crippen molar-refractivity contribution in [1.29, 1.82) is 0 Å². The minimum absolute atomic E-state index is 0.174. The summed E-state index contributed by atoms with van der Waals surface area (Å²) in [6.45, 7) is 1.87. The predicted molar refractivity (Wildman–Crippen MR) is 47.9 cm³/mol. The summed E-state index contributed by atoms with van der Waals surface area (Å²) < 4.78 is 0.750. The summed E-state index contributed by atoms with van der Waals surface area (Å²) in [5.41, 5.74) is 0.918. The topological polar surface area (TPSA) is 45.2 Å². The van der Waals surface area contributed by atoms with Crippen LogP contribution >= 0.6 is 15.9 Å². The monoisotopic (exact) mass is 216 g/mol. The number of anilines is 1. The van der Waals surface area contributed by atoms with Crippen molar-refractivity contribution >= 4 is 21.7 Å². The molecular weight excluding hydrogens is 208 g/mol. The molecule has 0 bridgehead atoms. The molecule has 3 nitrogen and oxygen atoms in total. The second-order valence-corrected chi connectivity index (χ2v) is 2.96. The second kappa shape index (κ2) is 3.09. The molecule has 11 heavy (non-hydrogen) atoms. The lowest BCUT2D eigenvalue weighted by molar-refractivity contribution is 0.474. The van der Waals surface area contributed by atoms with Gasteiger partial charge in [0.05, 0.1) is 0 Å². The van der Waals surface area contributed by atoms with Crippen molar-refractivity contribution in [3.63, 3.8) is 0 Å². The van der Waals surface area contributed by atoms with E-state index in [-0.39, 0.29) is 5.75 Å². The van der Waals surface area contributed by atoms with Gasteiger partial charge < -0.3 is 10.4 Å². The van der Waals surface area contributed by atoms with Gasteiger partial charge in [0.2, 0.25) is 0 Å². The third kappa shape index (κ3) is 1.63. The molecule has 1 aromatic rings. The van der Waals surface area contributed by atoms with Crippen LogP contribution in [0.4, 0.5) is 5.82 Å². The molecule has 0 fully saturated rings. The van der Waals surface area contributed by atoms with Crippen molar-refractivity contribution in [3.05, 3.63) is 16.2 Å². The Labute approximate surface area is 73.6 Å². The molecule has 0 unspecified atom stereocenters. The second-order valence-electron chi connectivity index (χ2n) is 2.21. The number of aromatic hydroxyl groups is 1. The summed E-state index contributed by atoms with van der Waals surface area (Å²) in [7, 11) is 1.71. The third-order valence-electron chi connectivity index (χ3n) is 1.37. The summed E-state index contributed by atoms with van der Waals surface area (Å²) in [5, 5.41) is 12.0. The fourth-order valence-electron chi connectivity index (χ4n) is 0.761. The highest BCUT2D eigenvalue weighted by Gasteiger charge is 2.03. The zero-order valence-electron chi connectivity index (χ0n) is 6.35. The SMILES string of the molecule is CNc1nc(Br)c(C)cc1O. The molecule has 0 saturated carbocycles. The summed E-state index contributed by atoms with van der Waals surface area (Å²) in [4.78, 5) is 4.05. The predicted octanol–water partition coefficient (Wildman–Crippen LogP) is 1.90. The molecule has 1 heterocycles. The largest absolute Gasteiger partial charge is 0.504 e. The highest BCUT2D eigenvalue weighted by atomic mass is 79.9. The van der Waals surface area contributed by atoms with Crippen LogP contribution < -0.4 is 5.32 Å². The van der Waals surface area contributed by atoms with Gasteiger partial charge in [-0.05, 0) is 34.5 Å². The van der Waals surface area contributed by atoms with Crippen LogP contribution in [0, 0.1) is 6.92 Å². The molecule has 1 rings (SSSR count). The van der Waals surface area contributed by atoms with Crippen LogP contribution in [0.5, 0.6) is 5.75 Å². The number of hydrogen-bond donors (Lipinski definition) is 2. The minimum Gasteiger partial charge on any atom is -0.504 e. The quantitative estimate of drug-likeness (QED) is 0.706. The van der Waals surface area contributed by atoms with Crippen molar-refractivity contribution in [1.82, 2.24) is 4.98 Å². The van der Waals surface area contributed by atoms with Crippen LogP contribution in [0.15, 0.2) is 10.7 Å². The Morgan fingerprint density at radius 2 is 2.27 bits per heavy atom. The third-order valence-corrected chi connectivity index (χ3v) is 2.17. The van der Waals surface area contributed by atoms with Gasteiger partial charge in [0, 0.05) is 7.05 Å². The molecule has 60 valence electrons. The van der Waals surface area contributed by atoms with Gasteiger partial charge in [-0.3, -0.25) is 0 Å². The Balaban J connectivity index is 3.21. The normalized spacial score (nSPS) is 9.73. The van der Waals surface area contributed by atoms with E-state index in [1.165, 1.54) is 0 Å². The maximum absolute atomic E-state index is 9.27. The van der Waals surface area contributed by atoms with Gasteiger partial charge in [0.1, 0.15) is 4.60 Å². The number of nitrogens with one attached hydrogen (secondary N) is 1. The lowest BCUT2D eigenvalue weighted by Gasteiger charge is -2.04. The first kappa shape index (κ1) is 8.33. The van der Waals surface area contributed by atoms with E-state index in [0.717, 1.165) is 10.2 Å². The Kier molecular flexibility index (Phi) is 2.34. The average molecular weight is 217 g/mol. The molecule has 0 aliphatic rings. The van der Waals surface area contributed by atoms with Crippen LogP contribution in [0.25, 0.3) is 0 Å². The zero-order valence-corrected chi connectivity index (χ0v) is 7.94. The first-order valence-electron chi connectivity index (χ1n) is 3.19. The van der Waals surface area contributed by atoms with E-state index in [4.69, 9.17) is 0 Å². The summed E-state index contributed by atoms with van der Waals surface area (Å²) >= 11 is 3.26. The molecule has 4 heteroatoms. The Morgan fingerprint density at radius 3 is 2.82 bits per heavy atom. The number of hydrogen-bond acceptors (Lipinski definition) is 3. The fourth-order valence-corrected chi connectivity index (χ4v) is 1.05. The van der Waals surface area contributed by atoms with Gasteiger partial charge in [-0.1, -0.05) is 0 Å². The van der Waals surface area contributed by atoms with Crippen molar-refractivity contribution in [2.24, 2.45) is 0 Å². The molecule has 0 aliphatic heterocycles. The molecule has 1 aromatic heterocycles. The first-order valence-corrected chi connectivity index (χ1v) is 3.98. The van der Waals surface area contributed by atoms with Gasteiger partial charge in [-0.25, -0.2) is 4.98 Å². The van der Waals surface area contributed by atoms with Crippen LogP contribution in [0.1, 0.15) is 5.56 Å². The van der Waals surface area contributed by atoms with Crippen molar-refractivity contribution in [2.75, 3.05) is 12.4 Å². The lowest BCUT2D eigenvalue weighted by Crippen LogP contribution is -1.94. The van der Waals surface area contributed by atoms with E-state index >= 15 is 0 Å². The van der Waals surface area contributed by atoms with E-state index < -0.39 is 0 Å². The zero-order chi connectivity index (χ0) is 8.43. The highest BCUT2D eigenvalue weighted by Crippen LogP contribution is 2.25. The van der Waals surface area contributed by atoms with E-state index in [1.807, 2.05) is 6.92 Å². The van der Waals surface area contributed by atoms with Crippen molar-refractivity contribution < 1.29 is 5.11 Å². The number of halogens is 1. The van der Waals surface area contributed by atoms with E-state index in [9.17, 15) is 5.11 Å². The molecule has 0 spiro atoms. The molecule has 0 amide bonds. The van der Waals surface area contributed by atoms with Gasteiger partial charge in [-0.2, -0.15) is 0 Å². The van der Waals surface area contributed by atoms with Crippen molar-refractivity contribution in [3.8, 4) is 5.75 Å². The van der Waals surface area contributed by atoms with Crippen LogP contribution in [0.2, 0.25) is 0 Å². The molecular formula is C7H9BrN2O. The Bertz CT molecular complexity index is 275. The van der Waals surface area contributed by atoms with Crippen LogP contribution in [-0.4, -0.2) is 17.1 Å². The van der Waals surface area contributed by atoms with E-state index in [1.54, 1.807) is 13.1 Å².